The SMILES string of the molecule is C[Si](C)(C)OC1(c2ccccc2)CC1c1ccccc1. The molecule has 0 saturated heterocycles. The Hall–Kier alpha value is -1.38. The van der Waals surface area contributed by atoms with E-state index in [0.717, 1.165) is 6.42 Å². The highest BCUT2D eigenvalue weighted by Gasteiger charge is 2.58. The highest BCUT2D eigenvalue weighted by atomic mass is 28.4. The van der Waals surface area contributed by atoms with E-state index in [-0.39, 0.29) is 5.60 Å². The van der Waals surface area contributed by atoms with Crippen molar-refractivity contribution in [2.24, 2.45) is 0 Å². The molecule has 3 rings (SSSR count). The van der Waals surface area contributed by atoms with E-state index in [2.05, 4.69) is 80.3 Å². The fraction of sp³-hybridized carbons (Fsp3) is 0.333. The summed E-state index contributed by atoms with van der Waals surface area (Å²) in [5.74, 6) is 0.498. The molecule has 0 aliphatic heterocycles. The first-order chi connectivity index (χ1) is 9.51. The Balaban J connectivity index is 1.96. The van der Waals surface area contributed by atoms with Crippen LogP contribution in [0.3, 0.4) is 0 Å². The quantitative estimate of drug-likeness (QED) is 0.723. The van der Waals surface area contributed by atoms with Crippen molar-refractivity contribution in [3.8, 4) is 0 Å². The van der Waals surface area contributed by atoms with Crippen LogP contribution in [0.1, 0.15) is 23.5 Å². The largest absolute Gasteiger partial charge is 0.407 e. The average molecular weight is 282 g/mol. The molecule has 0 aromatic heterocycles. The molecule has 1 aliphatic rings. The third kappa shape index (κ3) is 2.58. The van der Waals surface area contributed by atoms with Crippen molar-refractivity contribution in [1.82, 2.24) is 0 Å². The molecule has 2 atom stereocenters. The average Bonchev–Trinajstić information content (AvgIpc) is 3.14. The molecule has 2 aromatic carbocycles. The lowest BCUT2D eigenvalue weighted by Gasteiger charge is -2.28. The van der Waals surface area contributed by atoms with Gasteiger partial charge in [0, 0.05) is 5.92 Å². The molecule has 2 aromatic rings. The van der Waals surface area contributed by atoms with Crippen molar-refractivity contribution in [2.75, 3.05) is 0 Å². The monoisotopic (exact) mass is 282 g/mol. The van der Waals surface area contributed by atoms with Crippen LogP contribution in [0, 0.1) is 0 Å². The topological polar surface area (TPSA) is 9.23 Å². The predicted octanol–water partition coefficient (Wildman–Crippen LogP) is 4.92. The second-order valence-electron chi connectivity index (χ2n) is 6.64. The van der Waals surface area contributed by atoms with Crippen molar-refractivity contribution in [3.05, 3.63) is 71.8 Å². The molecular weight excluding hydrogens is 260 g/mol. The van der Waals surface area contributed by atoms with Crippen LogP contribution >= 0.6 is 0 Å². The summed E-state index contributed by atoms with van der Waals surface area (Å²) in [6, 6.07) is 21.5. The van der Waals surface area contributed by atoms with Gasteiger partial charge in [-0.3, -0.25) is 0 Å². The molecule has 104 valence electrons. The first-order valence-electron chi connectivity index (χ1n) is 7.32. The molecule has 0 amide bonds. The molecule has 0 spiro atoms. The molecule has 1 saturated carbocycles. The summed E-state index contributed by atoms with van der Waals surface area (Å²) >= 11 is 0. The predicted molar refractivity (Wildman–Crippen MR) is 86.4 cm³/mol. The fourth-order valence-electron chi connectivity index (χ4n) is 3.07. The third-order valence-corrected chi connectivity index (χ3v) is 4.84. The zero-order chi connectivity index (χ0) is 14.2. The van der Waals surface area contributed by atoms with Gasteiger partial charge in [0.05, 0.1) is 5.60 Å². The Morgan fingerprint density at radius 3 is 2.00 bits per heavy atom. The maximum Gasteiger partial charge on any atom is 0.185 e. The molecule has 2 heteroatoms. The van der Waals surface area contributed by atoms with Crippen LogP contribution in [-0.4, -0.2) is 8.32 Å². The molecule has 20 heavy (non-hydrogen) atoms. The standard InChI is InChI=1S/C18H22OSi/c1-20(2,3)19-18(16-12-8-5-9-13-16)14-17(18)15-10-6-4-7-11-15/h4-13,17H,14H2,1-3H3. The van der Waals surface area contributed by atoms with Gasteiger partial charge in [0.15, 0.2) is 8.32 Å². The number of hydrogen-bond acceptors (Lipinski definition) is 1. The number of rotatable bonds is 4. The summed E-state index contributed by atoms with van der Waals surface area (Å²) in [5.41, 5.74) is 2.64. The normalized spacial score (nSPS) is 25.4. The van der Waals surface area contributed by atoms with Crippen LogP contribution in [0.2, 0.25) is 19.6 Å². The maximum atomic E-state index is 6.63. The molecule has 1 fully saturated rings. The van der Waals surface area contributed by atoms with Gasteiger partial charge in [-0.05, 0) is 37.2 Å². The van der Waals surface area contributed by atoms with E-state index in [1.165, 1.54) is 11.1 Å². The van der Waals surface area contributed by atoms with Crippen molar-refractivity contribution in [1.29, 1.82) is 0 Å². The number of benzene rings is 2. The summed E-state index contributed by atoms with van der Waals surface area (Å²) < 4.78 is 6.63. The van der Waals surface area contributed by atoms with Gasteiger partial charge in [-0.2, -0.15) is 0 Å². The minimum atomic E-state index is -1.59. The zero-order valence-corrected chi connectivity index (χ0v) is 13.5. The minimum Gasteiger partial charge on any atom is -0.407 e. The van der Waals surface area contributed by atoms with Crippen molar-refractivity contribution in [2.45, 2.75) is 37.6 Å². The summed E-state index contributed by atoms with van der Waals surface area (Å²) in [4.78, 5) is 0. The van der Waals surface area contributed by atoms with Crippen LogP contribution < -0.4 is 0 Å². The van der Waals surface area contributed by atoms with Gasteiger partial charge < -0.3 is 4.43 Å². The molecule has 2 unspecified atom stereocenters. The Labute approximate surface area is 122 Å². The first kappa shape index (κ1) is 13.6. The Bertz CT molecular complexity index is 573. The molecular formula is C18H22OSi. The third-order valence-electron chi connectivity index (χ3n) is 3.86. The molecule has 0 bridgehead atoms. The van der Waals surface area contributed by atoms with E-state index in [1.54, 1.807) is 0 Å². The highest BCUT2D eigenvalue weighted by Crippen LogP contribution is 2.62. The van der Waals surface area contributed by atoms with E-state index in [0.29, 0.717) is 5.92 Å². The molecule has 0 N–H and O–H groups in total. The Morgan fingerprint density at radius 1 is 0.900 bits per heavy atom. The van der Waals surface area contributed by atoms with Crippen LogP contribution in [0.25, 0.3) is 0 Å². The van der Waals surface area contributed by atoms with E-state index in [4.69, 9.17) is 4.43 Å². The van der Waals surface area contributed by atoms with Gasteiger partial charge in [0.2, 0.25) is 0 Å². The second kappa shape index (κ2) is 4.87. The molecule has 1 nitrogen and oxygen atoms in total. The van der Waals surface area contributed by atoms with E-state index in [9.17, 15) is 0 Å². The molecule has 0 radical (unpaired) electrons. The van der Waals surface area contributed by atoms with Gasteiger partial charge in [-0.1, -0.05) is 60.7 Å². The Morgan fingerprint density at radius 2 is 1.45 bits per heavy atom. The van der Waals surface area contributed by atoms with Gasteiger partial charge >= 0.3 is 0 Å². The lowest BCUT2D eigenvalue weighted by atomic mass is 10.0. The number of hydrogen-bond donors (Lipinski definition) is 0. The lowest BCUT2D eigenvalue weighted by molar-refractivity contribution is 0.165. The highest BCUT2D eigenvalue weighted by molar-refractivity contribution is 6.69. The molecule has 0 heterocycles. The van der Waals surface area contributed by atoms with Crippen molar-refractivity contribution in [3.63, 3.8) is 0 Å². The van der Waals surface area contributed by atoms with Crippen molar-refractivity contribution < 1.29 is 4.43 Å². The fourth-order valence-corrected chi connectivity index (χ4v) is 4.51. The van der Waals surface area contributed by atoms with Gasteiger partial charge in [0.25, 0.3) is 0 Å². The first-order valence-corrected chi connectivity index (χ1v) is 10.7. The lowest BCUT2D eigenvalue weighted by Crippen LogP contribution is -2.33. The second-order valence-corrected chi connectivity index (χ2v) is 11.1. The summed E-state index contributed by atoms with van der Waals surface area (Å²) in [6.07, 6.45) is 1.10. The Kier molecular flexibility index (Phi) is 3.31. The smallest absolute Gasteiger partial charge is 0.185 e. The van der Waals surface area contributed by atoms with E-state index in [1.807, 2.05) is 0 Å². The summed E-state index contributed by atoms with van der Waals surface area (Å²) in [5, 5.41) is 0. The van der Waals surface area contributed by atoms with Crippen LogP contribution in [0.4, 0.5) is 0 Å². The summed E-state index contributed by atoms with van der Waals surface area (Å²) in [7, 11) is -1.59. The zero-order valence-electron chi connectivity index (χ0n) is 12.5. The maximum absolute atomic E-state index is 6.63. The summed E-state index contributed by atoms with van der Waals surface area (Å²) in [6.45, 7) is 6.83. The van der Waals surface area contributed by atoms with E-state index < -0.39 is 8.32 Å². The van der Waals surface area contributed by atoms with Crippen LogP contribution in [0.5, 0.6) is 0 Å². The van der Waals surface area contributed by atoms with Gasteiger partial charge in [-0.15, -0.1) is 0 Å². The minimum absolute atomic E-state index is 0.0902. The van der Waals surface area contributed by atoms with Crippen LogP contribution in [-0.2, 0) is 10.0 Å². The van der Waals surface area contributed by atoms with Gasteiger partial charge in [-0.25, -0.2) is 0 Å². The molecule has 1 aliphatic carbocycles. The van der Waals surface area contributed by atoms with Crippen molar-refractivity contribution >= 4 is 8.32 Å². The van der Waals surface area contributed by atoms with E-state index >= 15 is 0 Å². The van der Waals surface area contributed by atoms with Gasteiger partial charge in [0.1, 0.15) is 0 Å². The van der Waals surface area contributed by atoms with Crippen LogP contribution in [0.15, 0.2) is 60.7 Å².